The van der Waals surface area contributed by atoms with Crippen LogP contribution in [-0.2, 0) is 16.1 Å². The number of halogens is 2. The number of aliphatic carboxylic acids is 1. The van der Waals surface area contributed by atoms with Gasteiger partial charge in [0.05, 0.1) is 5.92 Å². The van der Waals surface area contributed by atoms with Crippen molar-refractivity contribution in [1.29, 1.82) is 0 Å². The number of carboxylic acid groups (broad SMARTS) is 1. The van der Waals surface area contributed by atoms with E-state index in [9.17, 15) is 14.0 Å². The average Bonchev–Trinajstić information content (AvgIpc) is 2.36. The number of carbonyl (C=O) groups excluding carboxylic acids is 1. The highest BCUT2D eigenvalue weighted by molar-refractivity contribution is 9.10. The Bertz CT molecular complexity index is 521. The highest BCUT2D eigenvalue weighted by Crippen LogP contribution is 2.22. The Labute approximate surface area is 118 Å². The van der Waals surface area contributed by atoms with Crippen LogP contribution in [0.1, 0.15) is 18.4 Å². The lowest BCUT2D eigenvalue weighted by atomic mass is 9.96. The van der Waals surface area contributed by atoms with Crippen molar-refractivity contribution in [2.45, 2.75) is 19.4 Å². The summed E-state index contributed by atoms with van der Waals surface area (Å²) < 4.78 is 14.4. The van der Waals surface area contributed by atoms with Gasteiger partial charge in [-0.05, 0) is 24.6 Å². The van der Waals surface area contributed by atoms with Gasteiger partial charge in [0.1, 0.15) is 5.82 Å². The molecular formula is C13H13BrFNO3. The van der Waals surface area contributed by atoms with Gasteiger partial charge in [0, 0.05) is 29.5 Å². The molecule has 1 unspecified atom stereocenters. The minimum atomic E-state index is -0.943. The largest absolute Gasteiger partial charge is 0.481 e. The van der Waals surface area contributed by atoms with Crippen molar-refractivity contribution < 1.29 is 19.1 Å². The van der Waals surface area contributed by atoms with E-state index in [0.29, 0.717) is 18.5 Å². The Morgan fingerprint density at radius 3 is 2.89 bits per heavy atom. The Morgan fingerprint density at radius 2 is 2.26 bits per heavy atom. The van der Waals surface area contributed by atoms with Gasteiger partial charge in [0.15, 0.2) is 0 Å². The van der Waals surface area contributed by atoms with Crippen LogP contribution in [0.2, 0.25) is 0 Å². The number of nitrogens with zero attached hydrogens (tertiary/aromatic N) is 1. The molecule has 0 aromatic heterocycles. The summed E-state index contributed by atoms with van der Waals surface area (Å²) in [5, 5.41) is 8.88. The summed E-state index contributed by atoms with van der Waals surface area (Å²) in [5.41, 5.74) is 0.427. The fourth-order valence-electron chi connectivity index (χ4n) is 2.13. The molecule has 6 heteroatoms. The van der Waals surface area contributed by atoms with Gasteiger partial charge >= 0.3 is 5.97 Å². The fourth-order valence-corrected chi connectivity index (χ4v) is 2.53. The second kappa shape index (κ2) is 5.69. The van der Waals surface area contributed by atoms with Crippen LogP contribution in [-0.4, -0.2) is 28.4 Å². The van der Waals surface area contributed by atoms with E-state index >= 15 is 0 Å². The van der Waals surface area contributed by atoms with Crippen molar-refractivity contribution in [3.05, 3.63) is 34.1 Å². The molecule has 102 valence electrons. The molecule has 1 aromatic rings. The first-order valence-electron chi connectivity index (χ1n) is 5.92. The second-order valence-electron chi connectivity index (χ2n) is 4.58. The van der Waals surface area contributed by atoms with Crippen LogP contribution in [0, 0.1) is 11.7 Å². The monoisotopic (exact) mass is 329 g/mol. The molecule has 0 radical (unpaired) electrons. The number of carbonyl (C=O) groups is 2. The first kappa shape index (κ1) is 14.0. The standard InChI is InChI=1S/C13H13BrFNO3/c14-10-1-2-11(15)9(5-10)7-16-4-3-8(13(18)19)6-12(16)17/h1-2,5,8H,3-4,6-7H2,(H,18,19). The van der Waals surface area contributed by atoms with Crippen LogP contribution >= 0.6 is 15.9 Å². The van der Waals surface area contributed by atoms with Gasteiger partial charge in [-0.15, -0.1) is 0 Å². The Morgan fingerprint density at radius 1 is 1.53 bits per heavy atom. The van der Waals surface area contributed by atoms with Crippen molar-refractivity contribution in [2.24, 2.45) is 5.92 Å². The number of carboxylic acids is 1. The second-order valence-corrected chi connectivity index (χ2v) is 5.49. The highest BCUT2D eigenvalue weighted by Gasteiger charge is 2.30. The van der Waals surface area contributed by atoms with Gasteiger partial charge in [-0.25, -0.2) is 4.39 Å². The van der Waals surface area contributed by atoms with Crippen LogP contribution in [0.3, 0.4) is 0 Å². The van der Waals surface area contributed by atoms with Crippen molar-refractivity contribution in [2.75, 3.05) is 6.54 Å². The lowest BCUT2D eigenvalue weighted by molar-refractivity contribution is -0.149. The maximum atomic E-state index is 13.6. The molecule has 0 spiro atoms. The van der Waals surface area contributed by atoms with E-state index in [2.05, 4.69) is 15.9 Å². The van der Waals surface area contributed by atoms with E-state index < -0.39 is 11.9 Å². The van der Waals surface area contributed by atoms with E-state index in [1.54, 1.807) is 12.1 Å². The van der Waals surface area contributed by atoms with Crippen molar-refractivity contribution >= 4 is 27.8 Å². The minimum absolute atomic E-state index is 0.00897. The zero-order chi connectivity index (χ0) is 14.0. The Kier molecular flexibility index (Phi) is 4.19. The minimum Gasteiger partial charge on any atom is -0.481 e. The SMILES string of the molecule is O=C(O)C1CCN(Cc2cc(Br)ccc2F)C(=O)C1. The average molecular weight is 330 g/mol. The zero-order valence-corrected chi connectivity index (χ0v) is 11.7. The predicted molar refractivity (Wildman–Crippen MR) is 69.9 cm³/mol. The van der Waals surface area contributed by atoms with Gasteiger partial charge in [-0.3, -0.25) is 9.59 Å². The van der Waals surface area contributed by atoms with Crippen molar-refractivity contribution in [3.63, 3.8) is 0 Å². The third kappa shape index (κ3) is 3.32. The summed E-state index contributed by atoms with van der Waals surface area (Å²) in [6.07, 6.45) is 0.404. The quantitative estimate of drug-likeness (QED) is 0.926. The molecule has 1 N–H and O–H groups in total. The van der Waals surface area contributed by atoms with E-state index in [-0.39, 0.29) is 24.7 Å². The fraction of sp³-hybridized carbons (Fsp3) is 0.385. The molecule has 19 heavy (non-hydrogen) atoms. The topological polar surface area (TPSA) is 57.6 Å². The summed E-state index contributed by atoms with van der Waals surface area (Å²) in [7, 11) is 0. The van der Waals surface area contributed by atoms with Gasteiger partial charge in [-0.1, -0.05) is 15.9 Å². The lowest BCUT2D eigenvalue weighted by Crippen LogP contribution is -2.40. The number of benzene rings is 1. The Balaban J connectivity index is 2.06. The smallest absolute Gasteiger partial charge is 0.307 e. The molecule has 1 aromatic carbocycles. The molecule has 1 aliphatic heterocycles. The molecule has 2 rings (SSSR count). The molecule has 1 heterocycles. The molecular weight excluding hydrogens is 317 g/mol. The first-order chi connectivity index (χ1) is 8.97. The van der Waals surface area contributed by atoms with Crippen LogP contribution in [0.25, 0.3) is 0 Å². The van der Waals surface area contributed by atoms with Crippen LogP contribution < -0.4 is 0 Å². The van der Waals surface area contributed by atoms with Gasteiger partial charge in [-0.2, -0.15) is 0 Å². The number of hydrogen-bond donors (Lipinski definition) is 1. The number of amides is 1. The van der Waals surface area contributed by atoms with E-state index in [1.807, 2.05) is 0 Å². The van der Waals surface area contributed by atoms with Crippen LogP contribution in [0.4, 0.5) is 4.39 Å². The third-order valence-electron chi connectivity index (χ3n) is 3.24. The highest BCUT2D eigenvalue weighted by atomic mass is 79.9. The zero-order valence-electron chi connectivity index (χ0n) is 10.1. The molecule has 1 saturated heterocycles. The molecule has 1 amide bonds. The first-order valence-corrected chi connectivity index (χ1v) is 6.71. The maximum Gasteiger partial charge on any atom is 0.307 e. The number of hydrogen-bond acceptors (Lipinski definition) is 2. The van der Waals surface area contributed by atoms with Gasteiger partial charge in [0.2, 0.25) is 5.91 Å². The summed E-state index contributed by atoms with van der Waals surface area (Å²) in [5.74, 6) is -2.16. The Hall–Kier alpha value is -1.43. The summed E-state index contributed by atoms with van der Waals surface area (Å²) in [6.45, 7) is 0.526. The molecule has 1 atom stereocenters. The predicted octanol–water partition coefficient (Wildman–Crippen LogP) is 2.41. The van der Waals surface area contributed by atoms with E-state index in [0.717, 1.165) is 4.47 Å². The van der Waals surface area contributed by atoms with E-state index in [4.69, 9.17) is 5.11 Å². The van der Waals surface area contributed by atoms with Crippen LogP contribution in [0.15, 0.2) is 22.7 Å². The molecule has 0 saturated carbocycles. The van der Waals surface area contributed by atoms with Crippen molar-refractivity contribution in [1.82, 2.24) is 4.90 Å². The van der Waals surface area contributed by atoms with E-state index in [1.165, 1.54) is 11.0 Å². The van der Waals surface area contributed by atoms with Gasteiger partial charge < -0.3 is 10.0 Å². The summed E-state index contributed by atoms with van der Waals surface area (Å²) >= 11 is 3.26. The molecule has 0 aliphatic carbocycles. The van der Waals surface area contributed by atoms with Crippen LogP contribution in [0.5, 0.6) is 0 Å². The van der Waals surface area contributed by atoms with Crippen molar-refractivity contribution in [3.8, 4) is 0 Å². The number of rotatable bonds is 3. The summed E-state index contributed by atoms with van der Waals surface area (Å²) in [4.78, 5) is 24.2. The molecule has 1 fully saturated rings. The number of piperidine rings is 1. The number of likely N-dealkylation sites (tertiary alicyclic amines) is 1. The normalized spacial score (nSPS) is 19.6. The third-order valence-corrected chi connectivity index (χ3v) is 3.73. The maximum absolute atomic E-state index is 13.6. The van der Waals surface area contributed by atoms with Gasteiger partial charge in [0.25, 0.3) is 0 Å². The lowest BCUT2D eigenvalue weighted by Gasteiger charge is -2.30. The molecule has 4 nitrogen and oxygen atoms in total. The molecule has 0 bridgehead atoms. The molecule has 1 aliphatic rings. The summed E-state index contributed by atoms with van der Waals surface area (Å²) in [6, 6.07) is 4.57.